The Morgan fingerprint density at radius 3 is 2.39 bits per heavy atom. The summed E-state index contributed by atoms with van der Waals surface area (Å²) in [6.07, 6.45) is 1.69. The van der Waals surface area contributed by atoms with E-state index >= 15 is 0 Å². The molecule has 0 unspecified atom stereocenters. The highest BCUT2D eigenvalue weighted by Crippen LogP contribution is 2.27. The monoisotopic (exact) mass is 310 g/mol. The van der Waals surface area contributed by atoms with Crippen LogP contribution in [0.25, 0.3) is 0 Å². The first-order chi connectivity index (χ1) is 11.2. The minimum Gasteiger partial charge on any atom is -0.457 e. The summed E-state index contributed by atoms with van der Waals surface area (Å²) in [5.41, 5.74) is 6.56. The third-order valence-corrected chi connectivity index (χ3v) is 4.33. The van der Waals surface area contributed by atoms with Crippen molar-refractivity contribution in [2.45, 2.75) is 19.4 Å². The molecule has 2 N–H and O–H groups in total. The number of para-hydroxylation sites is 2. The molecule has 1 saturated heterocycles. The van der Waals surface area contributed by atoms with Crippen LogP contribution in [0, 0.1) is 5.92 Å². The van der Waals surface area contributed by atoms with E-state index in [1.54, 1.807) is 0 Å². The van der Waals surface area contributed by atoms with Gasteiger partial charge in [-0.25, -0.2) is 0 Å². The molecule has 0 spiro atoms. The number of carbonyl (C=O) groups is 1. The highest BCUT2D eigenvalue weighted by Gasteiger charge is 2.23. The number of nitrogens with two attached hydrogens (primary N) is 1. The highest BCUT2D eigenvalue weighted by atomic mass is 16.5. The third kappa shape index (κ3) is 4.11. The summed E-state index contributed by atoms with van der Waals surface area (Å²) in [5.74, 6) is 1.59. The van der Waals surface area contributed by atoms with E-state index in [0.717, 1.165) is 49.5 Å². The van der Waals surface area contributed by atoms with Crippen LogP contribution in [-0.4, -0.2) is 23.9 Å². The molecular weight excluding hydrogens is 288 g/mol. The Hall–Kier alpha value is -2.33. The van der Waals surface area contributed by atoms with Crippen molar-refractivity contribution in [2.75, 3.05) is 13.1 Å². The Kier molecular flexibility index (Phi) is 4.93. The van der Waals surface area contributed by atoms with Crippen molar-refractivity contribution in [1.82, 2.24) is 4.90 Å². The zero-order valence-electron chi connectivity index (χ0n) is 13.2. The number of hydrogen-bond donors (Lipinski definition) is 1. The number of nitrogens with zero attached hydrogens (tertiary/aromatic N) is 1. The predicted molar refractivity (Wildman–Crippen MR) is 90.2 cm³/mol. The maximum Gasteiger partial charge on any atom is 0.220 e. The molecule has 23 heavy (non-hydrogen) atoms. The van der Waals surface area contributed by atoms with Crippen molar-refractivity contribution in [3.63, 3.8) is 0 Å². The average molecular weight is 310 g/mol. The number of carbonyl (C=O) groups excluding carboxylic acids is 1. The van der Waals surface area contributed by atoms with E-state index in [1.807, 2.05) is 48.5 Å². The third-order valence-electron chi connectivity index (χ3n) is 4.33. The summed E-state index contributed by atoms with van der Waals surface area (Å²) in [6, 6.07) is 17.9. The van der Waals surface area contributed by atoms with Crippen LogP contribution in [0.2, 0.25) is 0 Å². The Bertz CT molecular complexity index is 649. The second-order valence-electron chi connectivity index (χ2n) is 5.98. The van der Waals surface area contributed by atoms with Crippen LogP contribution >= 0.6 is 0 Å². The molecule has 2 aromatic rings. The second kappa shape index (κ2) is 7.29. The molecule has 1 fully saturated rings. The molecule has 0 saturated carbocycles. The predicted octanol–water partition coefficient (Wildman–Crippen LogP) is 3.18. The highest BCUT2D eigenvalue weighted by molar-refractivity contribution is 5.76. The van der Waals surface area contributed by atoms with Gasteiger partial charge in [-0.3, -0.25) is 9.69 Å². The van der Waals surface area contributed by atoms with E-state index in [2.05, 4.69) is 11.0 Å². The first-order valence-corrected chi connectivity index (χ1v) is 8.05. The van der Waals surface area contributed by atoms with Crippen LogP contribution in [0.5, 0.6) is 11.5 Å². The smallest absolute Gasteiger partial charge is 0.220 e. The van der Waals surface area contributed by atoms with E-state index < -0.39 is 0 Å². The fourth-order valence-corrected chi connectivity index (χ4v) is 2.97. The van der Waals surface area contributed by atoms with Crippen molar-refractivity contribution in [1.29, 1.82) is 0 Å². The Balaban J connectivity index is 1.66. The molecule has 1 heterocycles. The molecule has 0 atom stereocenters. The summed E-state index contributed by atoms with van der Waals surface area (Å²) >= 11 is 0. The fraction of sp³-hybridized carbons (Fsp3) is 0.316. The minimum absolute atomic E-state index is 0.0297. The lowest BCUT2D eigenvalue weighted by Crippen LogP contribution is -2.38. The van der Waals surface area contributed by atoms with E-state index in [9.17, 15) is 4.79 Å². The van der Waals surface area contributed by atoms with Gasteiger partial charge in [-0.15, -0.1) is 0 Å². The van der Waals surface area contributed by atoms with Gasteiger partial charge in [0, 0.05) is 18.0 Å². The fourth-order valence-electron chi connectivity index (χ4n) is 2.97. The molecule has 1 aliphatic heterocycles. The van der Waals surface area contributed by atoms with Crippen molar-refractivity contribution in [2.24, 2.45) is 11.7 Å². The summed E-state index contributed by atoms with van der Waals surface area (Å²) < 4.78 is 6.01. The van der Waals surface area contributed by atoms with Crippen LogP contribution in [0.3, 0.4) is 0 Å². The zero-order valence-corrected chi connectivity index (χ0v) is 13.2. The van der Waals surface area contributed by atoms with Gasteiger partial charge in [0.05, 0.1) is 0 Å². The van der Waals surface area contributed by atoms with Gasteiger partial charge in [-0.2, -0.15) is 0 Å². The standard InChI is InChI=1S/C19H22N2O2/c20-19(22)15-10-12-21(13-11-15)14-16-6-4-5-9-18(16)23-17-7-2-1-3-8-17/h1-9,15H,10-14H2,(H2,20,22). The second-order valence-corrected chi connectivity index (χ2v) is 5.98. The zero-order chi connectivity index (χ0) is 16.1. The van der Waals surface area contributed by atoms with Crippen molar-refractivity contribution < 1.29 is 9.53 Å². The molecular formula is C19H22N2O2. The molecule has 0 aromatic heterocycles. The molecule has 4 heteroatoms. The number of hydrogen-bond acceptors (Lipinski definition) is 3. The van der Waals surface area contributed by atoms with Gasteiger partial charge in [0.15, 0.2) is 0 Å². The maximum atomic E-state index is 11.3. The van der Waals surface area contributed by atoms with Crippen molar-refractivity contribution in [3.8, 4) is 11.5 Å². The molecule has 0 radical (unpaired) electrons. The number of benzene rings is 2. The molecule has 1 amide bonds. The Morgan fingerprint density at radius 2 is 1.70 bits per heavy atom. The minimum atomic E-state index is -0.169. The van der Waals surface area contributed by atoms with Crippen molar-refractivity contribution >= 4 is 5.91 Å². The Labute approximate surface area is 136 Å². The van der Waals surface area contributed by atoms with Gasteiger partial charge in [-0.1, -0.05) is 36.4 Å². The van der Waals surface area contributed by atoms with Crippen LogP contribution in [0.15, 0.2) is 54.6 Å². The van der Waals surface area contributed by atoms with Gasteiger partial charge in [0.2, 0.25) is 5.91 Å². The Morgan fingerprint density at radius 1 is 1.04 bits per heavy atom. The van der Waals surface area contributed by atoms with Gasteiger partial charge < -0.3 is 10.5 Å². The lowest BCUT2D eigenvalue weighted by molar-refractivity contribution is -0.123. The van der Waals surface area contributed by atoms with E-state index in [1.165, 1.54) is 0 Å². The van der Waals surface area contributed by atoms with Gasteiger partial charge in [0.1, 0.15) is 11.5 Å². The average Bonchev–Trinajstić information content (AvgIpc) is 2.58. The molecule has 2 aromatic carbocycles. The van der Waals surface area contributed by atoms with E-state index in [-0.39, 0.29) is 11.8 Å². The van der Waals surface area contributed by atoms with Crippen LogP contribution in [0.1, 0.15) is 18.4 Å². The lowest BCUT2D eigenvalue weighted by Gasteiger charge is -2.30. The topological polar surface area (TPSA) is 55.6 Å². The van der Waals surface area contributed by atoms with Crippen LogP contribution < -0.4 is 10.5 Å². The number of ether oxygens (including phenoxy) is 1. The molecule has 4 nitrogen and oxygen atoms in total. The number of rotatable bonds is 5. The molecule has 3 rings (SSSR count). The van der Waals surface area contributed by atoms with Gasteiger partial charge in [0.25, 0.3) is 0 Å². The molecule has 0 bridgehead atoms. The van der Waals surface area contributed by atoms with Gasteiger partial charge in [-0.05, 0) is 44.1 Å². The first kappa shape index (κ1) is 15.6. The first-order valence-electron chi connectivity index (χ1n) is 8.05. The molecule has 0 aliphatic carbocycles. The van der Waals surface area contributed by atoms with Gasteiger partial charge >= 0.3 is 0 Å². The van der Waals surface area contributed by atoms with Crippen LogP contribution in [0.4, 0.5) is 0 Å². The quantitative estimate of drug-likeness (QED) is 0.923. The summed E-state index contributed by atoms with van der Waals surface area (Å²) in [5, 5.41) is 0. The summed E-state index contributed by atoms with van der Waals surface area (Å²) in [6.45, 7) is 2.62. The van der Waals surface area contributed by atoms with E-state index in [4.69, 9.17) is 10.5 Å². The maximum absolute atomic E-state index is 11.3. The van der Waals surface area contributed by atoms with E-state index in [0.29, 0.717) is 0 Å². The summed E-state index contributed by atoms with van der Waals surface area (Å²) in [4.78, 5) is 13.6. The largest absolute Gasteiger partial charge is 0.457 e. The SMILES string of the molecule is NC(=O)C1CCN(Cc2ccccc2Oc2ccccc2)CC1. The van der Waals surface area contributed by atoms with Crippen LogP contribution in [-0.2, 0) is 11.3 Å². The molecule has 1 aliphatic rings. The number of primary amides is 1. The normalized spacial score (nSPS) is 16.2. The lowest BCUT2D eigenvalue weighted by atomic mass is 9.96. The molecule has 120 valence electrons. The number of piperidine rings is 1. The number of amides is 1. The van der Waals surface area contributed by atoms with Crippen molar-refractivity contribution in [3.05, 3.63) is 60.2 Å². The number of likely N-dealkylation sites (tertiary alicyclic amines) is 1. The summed E-state index contributed by atoms with van der Waals surface area (Å²) in [7, 11) is 0.